The van der Waals surface area contributed by atoms with E-state index in [9.17, 15) is 58.2 Å². The molecule has 0 aromatic carbocycles. The Hall–Kier alpha value is -6.70. The number of likely N-dealkylation sites (N-methyl/N-ethyl adjacent to an activating group) is 7. The van der Waals surface area contributed by atoms with Gasteiger partial charge in [0.15, 0.2) is 0 Å². The molecule has 0 aromatic rings. The molecule has 11 amide bonds. The van der Waals surface area contributed by atoms with Gasteiger partial charge in [0.05, 0.1) is 18.8 Å². The summed E-state index contributed by atoms with van der Waals surface area (Å²) in [6.07, 6.45) is 1.23. The number of nitrogens with one attached hydrogen (secondary N) is 4. The molecule has 1 rings (SSSR count). The van der Waals surface area contributed by atoms with Gasteiger partial charge in [0.2, 0.25) is 65.0 Å². The molecule has 1 aliphatic rings. The molecule has 0 aromatic heterocycles. The first kappa shape index (κ1) is 81.3. The smallest absolute Gasteiger partial charge is 0.303 e. The monoisotopic (exact) mass is 1280 g/mol. The Morgan fingerprint density at radius 3 is 1.49 bits per heavy atom. The fraction of sp³-hybridized carbons (Fsp3) is 0.781. The summed E-state index contributed by atoms with van der Waals surface area (Å²) in [6, 6.07) is -13.2. The van der Waals surface area contributed by atoms with Crippen molar-refractivity contribution in [3.05, 3.63) is 12.2 Å². The molecule has 1 unspecified atom stereocenters. The van der Waals surface area contributed by atoms with Crippen molar-refractivity contribution in [1.82, 2.24) is 55.6 Å². The van der Waals surface area contributed by atoms with Crippen molar-refractivity contribution in [3.8, 4) is 0 Å². The minimum Gasteiger partial charge on any atom is -0.481 e. The van der Waals surface area contributed by atoms with Crippen LogP contribution >= 0.6 is 0 Å². The van der Waals surface area contributed by atoms with Crippen molar-refractivity contribution in [2.45, 2.75) is 228 Å². The van der Waals surface area contributed by atoms with Gasteiger partial charge in [-0.1, -0.05) is 95.2 Å². The second-order valence-corrected chi connectivity index (χ2v) is 26.5. The summed E-state index contributed by atoms with van der Waals surface area (Å²) in [6.45, 7) is 26.4. The van der Waals surface area contributed by atoms with Gasteiger partial charge in [-0.2, -0.15) is 0 Å². The second-order valence-electron chi connectivity index (χ2n) is 26.5. The summed E-state index contributed by atoms with van der Waals surface area (Å²) < 4.78 is 5.96. The molecule has 1 aliphatic heterocycles. The van der Waals surface area contributed by atoms with Gasteiger partial charge in [-0.05, 0) is 102 Å². The summed E-state index contributed by atoms with van der Waals surface area (Å²) >= 11 is 0. The number of hydrogen-bond donors (Lipinski definition) is 6. The lowest BCUT2D eigenvalue weighted by atomic mass is 9.91. The molecular weight excluding hydrogens is 1160 g/mol. The lowest BCUT2D eigenvalue weighted by molar-refractivity contribution is -0.157. The summed E-state index contributed by atoms with van der Waals surface area (Å²) in [5.41, 5.74) is 0. The first-order valence-electron chi connectivity index (χ1n) is 31.8. The fourth-order valence-corrected chi connectivity index (χ4v) is 11.1. The van der Waals surface area contributed by atoms with E-state index in [4.69, 9.17) is 4.74 Å². The van der Waals surface area contributed by atoms with Crippen LogP contribution < -0.4 is 21.3 Å². The van der Waals surface area contributed by atoms with Crippen molar-refractivity contribution in [2.24, 2.45) is 35.5 Å². The maximum atomic E-state index is 15.2. The number of hydrogen-bond acceptors (Lipinski definition) is 14. The maximum absolute atomic E-state index is 15.2. The average molecular weight is 1280 g/mol. The quantitative estimate of drug-likeness (QED) is 0.0800. The van der Waals surface area contributed by atoms with Gasteiger partial charge in [0, 0.05) is 62.4 Å². The van der Waals surface area contributed by atoms with Crippen LogP contribution in [0.4, 0.5) is 0 Å². The first-order valence-corrected chi connectivity index (χ1v) is 31.8. The highest BCUT2D eigenvalue weighted by Gasteiger charge is 2.46. The minimum atomic E-state index is -1.66. The lowest BCUT2D eigenvalue weighted by Crippen LogP contribution is -2.63. The zero-order chi connectivity index (χ0) is 69.7. The highest BCUT2D eigenvalue weighted by molar-refractivity contribution is 5.99. The van der Waals surface area contributed by atoms with Gasteiger partial charge in [-0.25, -0.2) is 0 Å². The Bertz CT molecular complexity index is 2490. The van der Waals surface area contributed by atoms with E-state index in [1.165, 1.54) is 89.7 Å². The van der Waals surface area contributed by atoms with E-state index in [1.54, 1.807) is 60.6 Å². The van der Waals surface area contributed by atoms with Crippen LogP contribution in [0, 0.1) is 35.5 Å². The number of ether oxygens (including phenoxy) is 1. The van der Waals surface area contributed by atoms with Crippen LogP contribution in [0.2, 0.25) is 0 Å². The molecule has 6 N–H and O–H groups in total. The predicted octanol–water partition coefficient (Wildman–Crippen LogP) is 2.49. The summed E-state index contributed by atoms with van der Waals surface area (Å²) in [5.74, 6) is -11.7. The highest BCUT2D eigenvalue weighted by Crippen LogP contribution is 2.26. The topological polar surface area (TPSA) is 325 Å². The molecular formula is C64H113N11O15. The zero-order valence-electron chi connectivity index (χ0n) is 58.2. The Morgan fingerprint density at radius 1 is 0.544 bits per heavy atom. The van der Waals surface area contributed by atoms with Gasteiger partial charge < -0.3 is 70.5 Å². The molecule has 0 spiro atoms. The van der Waals surface area contributed by atoms with E-state index in [0.717, 1.165) is 14.7 Å². The number of rotatable bonds is 19. The molecule has 26 nitrogen and oxygen atoms in total. The van der Waals surface area contributed by atoms with Crippen molar-refractivity contribution >= 4 is 70.9 Å². The number of nitrogens with zero attached hydrogens (tertiary/aromatic N) is 7. The van der Waals surface area contributed by atoms with Gasteiger partial charge in [0.1, 0.15) is 60.4 Å². The molecule has 1 saturated heterocycles. The van der Waals surface area contributed by atoms with E-state index in [0.29, 0.717) is 0 Å². The lowest BCUT2D eigenvalue weighted by Gasteiger charge is -2.41. The van der Waals surface area contributed by atoms with Crippen molar-refractivity contribution in [3.63, 3.8) is 0 Å². The van der Waals surface area contributed by atoms with Crippen LogP contribution in [-0.4, -0.2) is 251 Å². The van der Waals surface area contributed by atoms with Crippen molar-refractivity contribution in [1.29, 1.82) is 0 Å². The number of carboxylic acid groups (broad SMARTS) is 1. The van der Waals surface area contributed by atoms with Gasteiger partial charge in [-0.3, -0.25) is 57.5 Å². The summed E-state index contributed by atoms with van der Waals surface area (Å²) in [7, 11) is 9.58. The number of amides is 11. The molecule has 13 atom stereocenters. The standard InChI is InChI=1S/C64H113N11O15/c1-24-26-28-40(13)54(79)53-58(83)67-44(25-2)60(85)69(17)34-48(76)73(21)52(43(16)90-30-27-29-49(77)78)57(82)68-50(38(9)10)63(88)70(18)45(31-35(3)4)56(81)65-41(14)55(80)66-42(15)59(84)71(19)46(32-36(5)6)61(86)72(20)47(33-37(7)8)62(87)74(22)51(39(11)12)64(89)75(53)23/h24,26,35-47,50-54,79H,25,27-34H2,1-23H3,(H,65,81)(H,66,80)(H,67,83)(H,68,82)(H,77,78)/b26-24+/t40-,41+,42-,43-,44+,45?,46+,47-,50+,51+,52+,53+,54-/m1/s1. The van der Waals surface area contributed by atoms with Crippen LogP contribution in [0.15, 0.2) is 12.2 Å². The molecule has 1 fully saturated rings. The zero-order valence-corrected chi connectivity index (χ0v) is 58.2. The van der Waals surface area contributed by atoms with Crippen LogP contribution in [0.1, 0.15) is 156 Å². The van der Waals surface area contributed by atoms with E-state index in [-0.39, 0.29) is 69.3 Å². The molecule has 0 bridgehead atoms. The maximum Gasteiger partial charge on any atom is 0.303 e. The van der Waals surface area contributed by atoms with Gasteiger partial charge >= 0.3 is 5.97 Å². The average Bonchev–Trinajstić information content (AvgIpc) is 3.59. The number of carbonyl (C=O) groups excluding carboxylic acids is 11. The first-order chi connectivity index (χ1) is 41.6. The van der Waals surface area contributed by atoms with Gasteiger partial charge in [0.25, 0.3) is 0 Å². The number of allylic oxidation sites excluding steroid dienone is 2. The Kier molecular flexibility index (Phi) is 34.0. The molecule has 26 heteroatoms. The molecule has 0 saturated carbocycles. The SMILES string of the molecule is C/C=C/C[C@@H](C)[C@@H](O)[C@H]1C(=O)N[C@@H](CC)C(=O)N(C)CC(=O)N(C)[C@@H]([C@@H](C)OCCCC(=O)O)C(=O)N[C@@H](C(C)C)C(=O)N(C)C(CC(C)C)C(=O)N[C@@H](C)C(=O)N[C@H](C)C(=O)N(C)[C@@H](CC(C)C)C(=O)N(C)[C@H](CC(C)C)C(=O)N(C)[C@@H](C(C)C)C(=O)N1C. The van der Waals surface area contributed by atoms with Crippen LogP contribution in [-0.2, 0) is 62.3 Å². The third-order valence-electron chi connectivity index (χ3n) is 16.7. The number of carbonyl (C=O) groups is 12. The van der Waals surface area contributed by atoms with Crippen LogP contribution in [0.3, 0.4) is 0 Å². The normalized spacial score (nSPS) is 26.3. The molecule has 90 heavy (non-hydrogen) atoms. The molecule has 514 valence electrons. The molecule has 0 radical (unpaired) electrons. The number of aliphatic hydroxyl groups excluding tert-OH is 1. The van der Waals surface area contributed by atoms with Crippen LogP contribution in [0.25, 0.3) is 0 Å². The highest BCUT2D eigenvalue weighted by atomic mass is 16.5. The summed E-state index contributed by atoms with van der Waals surface area (Å²) in [4.78, 5) is 181. The third-order valence-corrected chi connectivity index (χ3v) is 16.7. The number of carboxylic acids is 1. The Labute approximate surface area is 535 Å². The summed E-state index contributed by atoms with van der Waals surface area (Å²) in [5, 5.41) is 32.2. The largest absolute Gasteiger partial charge is 0.481 e. The molecule has 0 aliphatic carbocycles. The second kappa shape index (κ2) is 37.6. The Balaban J connectivity index is 4.39. The van der Waals surface area contributed by atoms with Crippen molar-refractivity contribution in [2.75, 3.05) is 62.5 Å². The number of aliphatic carboxylic acids is 1. The fourth-order valence-electron chi connectivity index (χ4n) is 11.1. The van der Waals surface area contributed by atoms with Gasteiger partial charge in [-0.15, -0.1) is 0 Å². The Morgan fingerprint density at radius 2 is 1.01 bits per heavy atom. The van der Waals surface area contributed by atoms with Crippen molar-refractivity contribution < 1.29 is 72.5 Å². The molecule has 1 heterocycles. The van der Waals surface area contributed by atoms with E-state index in [2.05, 4.69) is 21.3 Å². The minimum absolute atomic E-state index is 0.0388. The van der Waals surface area contributed by atoms with E-state index < -0.39 is 168 Å². The number of aliphatic hydroxyl groups is 1. The predicted molar refractivity (Wildman–Crippen MR) is 341 cm³/mol. The van der Waals surface area contributed by atoms with E-state index >= 15 is 9.59 Å². The third kappa shape index (κ3) is 23.2. The van der Waals surface area contributed by atoms with E-state index in [1.807, 2.05) is 41.5 Å². The van der Waals surface area contributed by atoms with Crippen LogP contribution in [0.5, 0.6) is 0 Å².